The smallest absolute Gasteiger partial charge is 0.235 e. The van der Waals surface area contributed by atoms with Crippen LogP contribution in [0, 0.1) is 10.1 Å². The lowest BCUT2D eigenvalue weighted by Crippen LogP contribution is -1.82. The van der Waals surface area contributed by atoms with Crippen molar-refractivity contribution in [1.29, 1.82) is 0 Å². The normalized spacial score (nSPS) is 10.8. The Balaban J connectivity index is 2.06. The summed E-state index contributed by atoms with van der Waals surface area (Å²) in [6.45, 7) is 0. The molecule has 0 heterocycles. The summed E-state index contributed by atoms with van der Waals surface area (Å²) in [5.74, 6) is 0. The van der Waals surface area contributed by atoms with Gasteiger partial charge in [-0.3, -0.25) is 10.1 Å². The Morgan fingerprint density at radius 1 is 1.00 bits per heavy atom. The zero-order valence-electron chi connectivity index (χ0n) is 9.82. The molecular weight excluding hydrogens is 282 g/mol. The minimum atomic E-state index is -0.476. The second-order valence-electron chi connectivity index (χ2n) is 3.73. The van der Waals surface area contributed by atoms with E-state index in [4.69, 9.17) is 11.6 Å². The molecule has 5 heteroatoms. The average molecular weight is 292 g/mol. The third-order valence-corrected chi connectivity index (χ3v) is 3.59. The maximum Gasteiger partial charge on any atom is 0.235 e. The lowest BCUT2D eigenvalue weighted by Gasteiger charge is -2.02. The van der Waals surface area contributed by atoms with Crippen LogP contribution in [0.5, 0.6) is 0 Å². The summed E-state index contributed by atoms with van der Waals surface area (Å²) < 4.78 is 0. The zero-order valence-corrected chi connectivity index (χ0v) is 11.4. The Morgan fingerprint density at radius 3 is 2.05 bits per heavy atom. The molecule has 0 aliphatic heterocycles. The molecule has 0 bridgehead atoms. The number of hydrogen-bond acceptors (Lipinski definition) is 3. The van der Waals surface area contributed by atoms with Gasteiger partial charge < -0.3 is 0 Å². The van der Waals surface area contributed by atoms with Gasteiger partial charge in [-0.05, 0) is 42.0 Å². The van der Waals surface area contributed by atoms with Gasteiger partial charge >= 0.3 is 0 Å². The van der Waals surface area contributed by atoms with Gasteiger partial charge in [0.1, 0.15) is 0 Å². The van der Waals surface area contributed by atoms with E-state index in [9.17, 15) is 10.1 Å². The summed E-state index contributed by atoms with van der Waals surface area (Å²) >= 11 is 7.44. The van der Waals surface area contributed by atoms with Crippen LogP contribution in [0.4, 0.5) is 0 Å². The molecule has 0 spiro atoms. The second-order valence-corrected chi connectivity index (χ2v) is 5.31. The van der Waals surface area contributed by atoms with E-state index in [1.54, 1.807) is 11.8 Å². The molecular formula is C14H10ClNO2S. The van der Waals surface area contributed by atoms with Crippen LogP contribution in [0.25, 0.3) is 6.08 Å². The summed E-state index contributed by atoms with van der Waals surface area (Å²) in [7, 11) is 0. The van der Waals surface area contributed by atoms with Crippen LogP contribution in [0.2, 0.25) is 5.02 Å². The number of nitrogens with zero attached hydrogens (tertiary/aromatic N) is 1. The zero-order chi connectivity index (χ0) is 13.7. The van der Waals surface area contributed by atoms with Crippen molar-refractivity contribution < 1.29 is 4.92 Å². The summed E-state index contributed by atoms with van der Waals surface area (Å²) in [6.07, 6.45) is 2.40. The summed E-state index contributed by atoms with van der Waals surface area (Å²) in [6, 6.07) is 15.1. The van der Waals surface area contributed by atoms with E-state index in [1.165, 1.54) is 6.08 Å². The molecule has 0 atom stereocenters. The second kappa shape index (κ2) is 6.41. The van der Waals surface area contributed by atoms with Crippen LogP contribution in [0.1, 0.15) is 5.56 Å². The van der Waals surface area contributed by atoms with Gasteiger partial charge in [0.25, 0.3) is 0 Å². The predicted molar refractivity (Wildman–Crippen MR) is 78.0 cm³/mol. The first-order chi connectivity index (χ1) is 9.13. The van der Waals surface area contributed by atoms with Crippen molar-refractivity contribution in [3.63, 3.8) is 0 Å². The van der Waals surface area contributed by atoms with Gasteiger partial charge in [0.05, 0.1) is 4.92 Å². The topological polar surface area (TPSA) is 43.1 Å². The highest BCUT2D eigenvalue weighted by atomic mass is 35.5. The number of nitro groups is 1. The molecule has 0 radical (unpaired) electrons. The van der Waals surface area contributed by atoms with Gasteiger partial charge in [0, 0.05) is 20.9 Å². The highest BCUT2D eigenvalue weighted by molar-refractivity contribution is 7.99. The fourth-order valence-corrected chi connectivity index (χ4v) is 2.38. The van der Waals surface area contributed by atoms with E-state index in [2.05, 4.69) is 0 Å². The lowest BCUT2D eigenvalue weighted by molar-refractivity contribution is -0.400. The highest BCUT2D eigenvalue weighted by Gasteiger charge is 1.98. The first-order valence-electron chi connectivity index (χ1n) is 5.49. The minimum Gasteiger partial charge on any atom is -0.259 e. The molecule has 0 unspecified atom stereocenters. The van der Waals surface area contributed by atoms with Gasteiger partial charge in [-0.25, -0.2) is 0 Å². The number of hydrogen-bond donors (Lipinski definition) is 0. The number of rotatable bonds is 4. The maximum absolute atomic E-state index is 10.2. The Hall–Kier alpha value is -1.78. The lowest BCUT2D eigenvalue weighted by atomic mass is 10.2. The molecule has 0 saturated carbocycles. The molecule has 0 saturated heterocycles. The van der Waals surface area contributed by atoms with Crippen molar-refractivity contribution in [2.24, 2.45) is 0 Å². The molecule has 96 valence electrons. The van der Waals surface area contributed by atoms with Crippen molar-refractivity contribution in [3.05, 3.63) is 75.4 Å². The molecule has 2 aromatic rings. The first kappa shape index (κ1) is 13.6. The van der Waals surface area contributed by atoms with Crippen LogP contribution in [-0.4, -0.2) is 4.92 Å². The molecule has 2 aromatic carbocycles. The largest absolute Gasteiger partial charge is 0.259 e. The van der Waals surface area contributed by atoms with E-state index in [-0.39, 0.29) is 0 Å². The van der Waals surface area contributed by atoms with Crippen LogP contribution in [0.3, 0.4) is 0 Å². The SMILES string of the molecule is O=[N+]([O-])/C=C/c1ccc(Sc2ccc(Cl)cc2)cc1. The molecule has 0 aliphatic rings. The van der Waals surface area contributed by atoms with E-state index in [0.717, 1.165) is 21.6 Å². The van der Waals surface area contributed by atoms with E-state index in [1.807, 2.05) is 48.5 Å². The molecule has 0 aliphatic carbocycles. The van der Waals surface area contributed by atoms with Crippen molar-refractivity contribution in [2.75, 3.05) is 0 Å². The average Bonchev–Trinajstić information content (AvgIpc) is 2.40. The van der Waals surface area contributed by atoms with Gasteiger partial charge in [0.2, 0.25) is 6.20 Å². The standard InChI is InChI=1S/C14H10ClNO2S/c15-12-3-7-14(8-4-12)19-13-5-1-11(2-6-13)9-10-16(17)18/h1-10H/b10-9+. The quantitative estimate of drug-likeness (QED) is 0.603. The van der Waals surface area contributed by atoms with Crippen LogP contribution in [-0.2, 0) is 0 Å². The Kier molecular flexibility index (Phi) is 4.60. The van der Waals surface area contributed by atoms with Gasteiger partial charge in [-0.2, -0.15) is 0 Å². The molecule has 0 fully saturated rings. The van der Waals surface area contributed by atoms with Crippen molar-refractivity contribution >= 4 is 29.4 Å². The van der Waals surface area contributed by atoms with Gasteiger partial charge in [-0.15, -0.1) is 0 Å². The summed E-state index contributed by atoms with van der Waals surface area (Å²) in [4.78, 5) is 11.9. The molecule has 0 amide bonds. The fraction of sp³-hybridized carbons (Fsp3) is 0. The Bertz CT molecular complexity index is 594. The van der Waals surface area contributed by atoms with Crippen LogP contribution >= 0.6 is 23.4 Å². The number of halogens is 1. The van der Waals surface area contributed by atoms with Crippen LogP contribution in [0.15, 0.2) is 64.5 Å². The Labute approximate surface area is 120 Å². The monoisotopic (exact) mass is 291 g/mol. The summed E-state index contributed by atoms with van der Waals surface area (Å²) in [5.41, 5.74) is 0.803. The Morgan fingerprint density at radius 2 is 1.53 bits per heavy atom. The minimum absolute atomic E-state index is 0.476. The molecule has 0 N–H and O–H groups in total. The van der Waals surface area contributed by atoms with Gasteiger partial charge in [-0.1, -0.05) is 35.5 Å². The van der Waals surface area contributed by atoms with E-state index < -0.39 is 4.92 Å². The van der Waals surface area contributed by atoms with E-state index >= 15 is 0 Å². The maximum atomic E-state index is 10.2. The third-order valence-electron chi connectivity index (χ3n) is 2.32. The molecule has 2 rings (SSSR count). The van der Waals surface area contributed by atoms with Crippen molar-refractivity contribution in [1.82, 2.24) is 0 Å². The van der Waals surface area contributed by atoms with Crippen molar-refractivity contribution in [3.8, 4) is 0 Å². The van der Waals surface area contributed by atoms with Gasteiger partial charge in [0.15, 0.2) is 0 Å². The fourth-order valence-electron chi connectivity index (χ4n) is 1.43. The molecule has 19 heavy (non-hydrogen) atoms. The first-order valence-corrected chi connectivity index (χ1v) is 6.68. The highest BCUT2D eigenvalue weighted by Crippen LogP contribution is 2.28. The van der Waals surface area contributed by atoms with E-state index in [0.29, 0.717) is 5.02 Å². The molecule has 3 nitrogen and oxygen atoms in total. The molecule has 0 aromatic heterocycles. The third kappa shape index (κ3) is 4.43. The predicted octanol–water partition coefficient (Wildman–Crippen LogP) is 4.74. The summed E-state index contributed by atoms with van der Waals surface area (Å²) in [5, 5.41) is 10.9. The van der Waals surface area contributed by atoms with Crippen LogP contribution < -0.4 is 0 Å². The van der Waals surface area contributed by atoms with Crippen molar-refractivity contribution in [2.45, 2.75) is 9.79 Å². The number of benzene rings is 2.